The van der Waals surface area contributed by atoms with Crippen LogP contribution >= 0.6 is 11.3 Å². The first-order valence-corrected chi connectivity index (χ1v) is 6.19. The van der Waals surface area contributed by atoms with Crippen molar-refractivity contribution in [1.82, 2.24) is 4.98 Å². The van der Waals surface area contributed by atoms with Gasteiger partial charge in [-0.05, 0) is 6.92 Å². The number of nitrogens with two attached hydrogens (primary N) is 1. The average molecular weight is 304 g/mol. The highest BCUT2D eigenvalue weighted by Gasteiger charge is 2.50. The molecule has 1 heterocycles. The van der Waals surface area contributed by atoms with Crippen LogP contribution in [0.5, 0.6) is 0 Å². The van der Waals surface area contributed by atoms with Crippen molar-refractivity contribution < 1.29 is 26.7 Å². The molecule has 0 radical (unpaired) electrons. The van der Waals surface area contributed by atoms with Gasteiger partial charge in [0, 0.05) is 11.8 Å². The first-order chi connectivity index (χ1) is 8.64. The lowest BCUT2D eigenvalue weighted by atomic mass is 10.00. The van der Waals surface area contributed by atoms with Gasteiger partial charge in [0.2, 0.25) is 0 Å². The van der Waals surface area contributed by atoms with Crippen molar-refractivity contribution in [3.05, 3.63) is 16.1 Å². The Morgan fingerprint density at radius 3 is 2.58 bits per heavy atom. The van der Waals surface area contributed by atoms with Crippen molar-refractivity contribution >= 4 is 11.3 Å². The van der Waals surface area contributed by atoms with E-state index in [1.54, 1.807) is 0 Å². The number of halogens is 5. The molecule has 1 unspecified atom stereocenters. The number of thiazole rings is 1. The molecule has 0 spiro atoms. The van der Waals surface area contributed by atoms with Crippen LogP contribution in [-0.2, 0) is 16.7 Å². The zero-order valence-electron chi connectivity index (χ0n) is 10.0. The Balaban J connectivity index is 2.58. The maximum Gasteiger partial charge on any atom is 0.411 e. The summed E-state index contributed by atoms with van der Waals surface area (Å²) in [5.74, 6) is 0. The summed E-state index contributed by atoms with van der Waals surface area (Å²) in [4.78, 5) is 3.77. The van der Waals surface area contributed by atoms with E-state index < -0.39 is 24.7 Å². The fourth-order valence-corrected chi connectivity index (χ4v) is 2.04. The molecule has 0 aliphatic heterocycles. The number of rotatable bonds is 6. The smallest absolute Gasteiger partial charge is 0.375 e. The van der Waals surface area contributed by atoms with Gasteiger partial charge in [-0.3, -0.25) is 0 Å². The second kappa shape index (κ2) is 6.10. The lowest BCUT2D eigenvalue weighted by molar-refractivity contribution is -0.185. The number of hydrogen-bond donors (Lipinski definition) is 1. The highest BCUT2D eigenvalue weighted by molar-refractivity contribution is 7.09. The number of hydrogen-bond acceptors (Lipinski definition) is 4. The first-order valence-electron chi connectivity index (χ1n) is 5.31. The van der Waals surface area contributed by atoms with Crippen molar-refractivity contribution in [2.24, 2.45) is 5.73 Å². The summed E-state index contributed by atoms with van der Waals surface area (Å²) in [7, 11) is 0. The SMILES string of the molecule is CC(N)(c1csc(CCOCC(F)F)n1)C(F)(F)F. The van der Waals surface area contributed by atoms with Crippen LogP contribution in [0.15, 0.2) is 5.38 Å². The molecule has 2 N–H and O–H groups in total. The Kier molecular flexibility index (Phi) is 5.22. The lowest BCUT2D eigenvalue weighted by Gasteiger charge is -2.25. The molecule has 0 aromatic carbocycles. The fourth-order valence-electron chi connectivity index (χ4n) is 1.14. The lowest BCUT2D eigenvalue weighted by Crippen LogP contribution is -2.48. The summed E-state index contributed by atoms with van der Waals surface area (Å²) in [5.41, 5.74) is 2.41. The molecule has 0 amide bonds. The van der Waals surface area contributed by atoms with Gasteiger partial charge < -0.3 is 10.5 Å². The standard InChI is InChI=1S/C10H13F5N2OS/c1-9(16,10(13,14)15)6-5-19-8(17-6)2-3-18-4-7(11)12/h5,7H,2-4,16H2,1H3. The van der Waals surface area contributed by atoms with E-state index in [0.29, 0.717) is 5.01 Å². The molecule has 19 heavy (non-hydrogen) atoms. The molecule has 1 aromatic rings. The van der Waals surface area contributed by atoms with Crippen molar-refractivity contribution in [2.45, 2.75) is 31.5 Å². The predicted molar refractivity (Wildman–Crippen MR) is 60.2 cm³/mol. The van der Waals surface area contributed by atoms with Crippen LogP contribution in [0.1, 0.15) is 17.6 Å². The van der Waals surface area contributed by atoms with Crippen LogP contribution in [0, 0.1) is 0 Å². The quantitative estimate of drug-likeness (QED) is 0.649. The third-order valence-electron chi connectivity index (χ3n) is 2.38. The molecular weight excluding hydrogens is 291 g/mol. The molecule has 9 heteroatoms. The second-order valence-electron chi connectivity index (χ2n) is 4.04. The molecule has 0 aliphatic rings. The van der Waals surface area contributed by atoms with Crippen LogP contribution in [-0.4, -0.2) is 30.8 Å². The van der Waals surface area contributed by atoms with Crippen LogP contribution < -0.4 is 5.73 Å². The van der Waals surface area contributed by atoms with E-state index in [2.05, 4.69) is 9.72 Å². The number of nitrogens with zero attached hydrogens (tertiary/aromatic N) is 1. The molecule has 0 fully saturated rings. The van der Waals surface area contributed by atoms with Crippen molar-refractivity contribution in [3.8, 4) is 0 Å². The Labute approximate surface area is 110 Å². The summed E-state index contributed by atoms with van der Waals surface area (Å²) in [6.07, 6.45) is -7.00. The predicted octanol–water partition coefficient (Wildman–Crippen LogP) is 2.70. The minimum Gasteiger partial charge on any atom is -0.375 e. The highest BCUT2D eigenvalue weighted by Crippen LogP contribution is 2.36. The first kappa shape index (κ1) is 16.3. The monoisotopic (exact) mass is 304 g/mol. The summed E-state index contributed by atoms with van der Waals surface area (Å²) in [6, 6.07) is 0. The Morgan fingerprint density at radius 2 is 2.05 bits per heavy atom. The van der Waals surface area contributed by atoms with Gasteiger partial charge in [-0.25, -0.2) is 13.8 Å². The molecule has 0 aliphatic carbocycles. The zero-order valence-corrected chi connectivity index (χ0v) is 10.8. The van der Waals surface area contributed by atoms with Gasteiger partial charge in [0.15, 0.2) is 5.54 Å². The van der Waals surface area contributed by atoms with E-state index in [9.17, 15) is 22.0 Å². The Bertz CT molecular complexity index is 405. The van der Waals surface area contributed by atoms with Gasteiger partial charge in [-0.15, -0.1) is 11.3 Å². The van der Waals surface area contributed by atoms with Crippen LogP contribution in [0.2, 0.25) is 0 Å². The maximum atomic E-state index is 12.7. The van der Waals surface area contributed by atoms with Crippen LogP contribution in [0.4, 0.5) is 22.0 Å². The molecule has 110 valence electrons. The minimum absolute atomic E-state index is 0.0232. The molecule has 1 aromatic heterocycles. The van der Waals surface area contributed by atoms with Crippen molar-refractivity contribution in [2.75, 3.05) is 13.2 Å². The van der Waals surface area contributed by atoms with Gasteiger partial charge in [-0.1, -0.05) is 0 Å². The van der Waals surface area contributed by atoms with E-state index in [4.69, 9.17) is 5.73 Å². The summed E-state index contributed by atoms with van der Waals surface area (Å²) >= 11 is 0.993. The van der Waals surface area contributed by atoms with E-state index in [0.717, 1.165) is 18.3 Å². The van der Waals surface area contributed by atoms with Crippen LogP contribution in [0.3, 0.4) is 0 Å². The summed E-state index contributed by atoms with van der Waals surface area (Å²) in [6.45, 7) is 0.110. The third kappa shape index (κ3) is 4.36. The molecule has 0 saturated heterocycles. The number of alkyl halides is 5. The van der Waals surface area contributed by atoms with E-state index in [1.807, 2.05) is 0 Å². The van der Waals surface area contributed by atoms with Gasteiger partial charge >= 0.3 is 6.18 Å². The topological polar surface area (TPSA) is 48.1 Å². The van der Waals surface area contributed by atoms with E-state index in [-0.39, 0.29) is 18.7 Å². The zero-order chi connectivity index (χ0) is 14.7. The second-order valence-corrected chi connectivity index (χ2v) is 4.99. The molecule has 1 rings (SSSR count). The normalized spacial score (nSPS) is 15.8. The summed E-state index contributed by atoms with van der Waals surface area (Å²) in [5, 5.41) is 1.58. The fraction of sp³-hybridized carbons (Fsp3) is 0.700. The number of aromatic nitrogens is 1. The third-order valence-corrected chi connectivity index (χ3v) is 3.29. The van der Waals surface area contributed by atoms with Crippen LogP contribution in [0.25, 0.3) is 0 Å². The highest BCUT2D eigenvalue weighted by atomic mass is 32.1. The molecule has 0 bridgehead atoms. The molecule has 3 nitrogen and oxygen atoms in total. The molecule has 0 saturated carbocycles. The van der Waals surface area contributed by atoms with Gasteiger partial charge in [0.1, 0.15) is 6.61 Å². The Morgan fingerprint density at radius 1 is 1.42 bits per heavy atom. The van der Waals surface area contributed by atoms with E-state index >= 15 is 0 Å². The minimum atomic E-state index is -4.61. The molecule has 1 atom stereocenters. The van der Waals surface area contributed by atoms with E-state index in [1.165, 1.54) is 5.38 Å². The van der Waals surface area contributed by atoms with Gasteiger partial charge in [-0.2, -0.15) is 13.2 Å². The largest absolute Gasteiger partial charge is 0.411 e. The van der Waals surface area contributed by atoms with Crippen molar-refractivity contribution in [1.29, 1.82) is 0 Å². The van der Waals surface area contributed by atoms with Gasteiger partial charge in [0.05, 0.1) is 17.3 Å². The molecular formula is C10H13F5N2OS. The van der Waals surface area contributed by atoms with Gasteiger partial charge in [0.25, 0.3) is 6.43 Å². The maximum absolute atomic E-state index is 12.7. The summed E-state index contributed by atoms with van der Waals surface area (Å²) < 4.78 is 66.1. The Hall–Kier alpha value is -0.800. The average Bonchev–Trinajstić information content (AvgIpc) is 2.71. The van der Waals surface area contributed by atoms with Crippen molar-refractivity contribution in [3.63, 3.8) is 0 Å². The number of ether oxygens (including phenoxy) is 1.